The van der Waals surface area contributed by atoms with Crippen LogP contribution in [0.4, 0.5) is 10.2 Å². The Morgan fingerprint density at radius 3 is 2.67 bits per heavy atom. The summed E-state index contributed by atoms with van der Waals surface area (Å²) in [4.78, 5) is 20.0. The molecule has 3 aromatic carbocycles. The molecule has 0 fully saturated rings. The van der Waals surface area contributed by atoms with Gasteiger partial charge in [-0.1, -0.05) is 48.0 Å². The second-order valence-electron chi connectivity index (χ2n) is 8.26. The second kappa shape index (κ2) is 9.17. The number of nitrogen functional groups attached to an aromatic ring is 1. The summed E-state index contributed by atoms with van der Waals surface area (Å²) >= 11 is 6.56. The highest BCUT2D eigenvalue weighted by Gasteiger charge is 2.29. The van der Waals surface area contributed by atoms with Crippen LogP contribution in [-0.4, -0.2) is 26.1 Å². The van der Waals surface area contributed by atoms with Gasteiger partial charge in [0, 0.05) is 28.0 Å². The molecular weight excluding hydrogens is 481 g/mol. The molecule has 5 aromatic rings. The van der Waals surface area contributed by atoms with Crippen molar-refractivity contribution in [1.29, 1.82) is 5.26 Å². The van der Waals surface area contributed by atoms with Crippen molar-refractivity contribution in [1.82, 2.24) is 20.2 Å². The molecule has 5 rings (SSSR count). The molecule has 0 aliphatic rings. The smallest absolute Gasteiger partial charge is 0.249 e. The van der Waals surface area contributed by atoms with Gasteiger partial charge in [-0.15, -0.1) is 0 Å². The highest BCUT2D eigenvalue weighted by Crippen LogP contribution is 2.36. The van der Waals surface area contributed by atoms with Gasteiger partial charge in [-0.3, -0.25) is 9.89 Å². The van der Waals surface area contributed by atoms with Crippen LogP contribution >= 0.6 is 11.6 Å². The number of anilines is 1. The number of nitrogens with one attached hydrogen (secondary N) is 2. The third-order valence-electron chi connectivity index (χ3n) is 6.07. The van der Waals surface area contributed by atoms with Gasteiger partial charge in [0.05, 0.1) is 11.1 Å². The van der Waals surface area contributed by atoms with E-state index in [1.54, 1.807) is 12.1 Å². The van der Waals surface area contributed by atoms with Gasteiger partial charge in [0.15, 0.2) is 5.82 Å². The van der Waals surface area contributed by atoms with Gasteiger partial charge in [-0.2, -0.15) is 10.4 Å². The monoisotopic (exact) mass is 499 g/mol. The molecule has 6 N–H and O–H groups in total. The summed E-state index contributed by atoms with van der Waals surface area (Å²) in [5.74, 6) is -1.73. The topological polar surface area (TPSA) is 150 Å². The number of nitrogens with two attached hydrogens (primary N) is 2. The number of primary amides is 1. The molecule has 10 heteroatoms. The molecule has 0 aliphatic carbocycles. The van der Waals surface area contributed by atoms with Crippen molar-refractivity contribution in [3.8, 4) is 17.3 Å². The largest absolute Gasteiger partial charge is 0.382 e. The number of hydrogen-bond donors (Lipinski definition) is 4. The molecule has 0 bridgehead atoms. The lowest BCUT2D eigenvalue weighted by molar-refractivity contribution is 0.0998. The van der Waals surface area contributed by atoms with E-state index in [-0.39, 0.29) is 28.3 Å². The molecule has 0 spiro atoms. The lowest BCUT2D eigenvalue weighted by Crippen LogP contribution is -2.20. The number of nitriles is 1. The van der Waals surface area contributed by atoms with E-state index in [0.29, 0.717) is 28.4 Å². The number of fused-ring (bicyclic) bond motifs is 1. The maximum absolute atomic E-state index is 15.6. The summed E-state index contributed by atoms with van der Waals surface area (Å²) in [6, 6.07) is 19.2. The fraction of sp³-hybridized carbons (Fsp3) is 0.0769. The van der Waals surface area contributed by atoms with Crippen molar-refractivity contribution in [3.05, 3.63) is 99.7 Å². The van der Waals surface area contributed by atoms with Crippen LogP contribution in [0.5, 0.6) is 0 Å². The number of aromatic nitrogens is 4. The molecule has 0 aliphatic heterocycles. The van der Waals surface area contributed by atoms with Crippen molar-refractivity contribution in [2.75, 3.05) is 5.73 Å². The Morgan fingerprint density at radius 1 is 1.17 bits per heavy atom. The Hall–Kier alpha value is -4.68. The van der Waals surface area contributed by atoms with Crippen LogP contribution in [0.15, 0.2) is 60.7 Å². The van der Waals surface area contributed by atoms with Crippen LogP contribution < -0.4 is 11.5 Å². The summed E-state index contributed by atoms with van der Waals surface area (Å²) in [6.45, 7) is 0. The molecule has 0 saturated carbocycles. The Labute approximate surface area is 209 Å². The van der Waals surface area contributed by atoms with Crippen LogP contribution in [0.1, 0.15) is 38.8 Å². The predicted octanol–water partition coefficient (Wildman–Crippen LogP) is 4.67. The number of amides is 1. The van der Waals surface area contributed by atoms with Gasteiger partial charge in [-0.05, 0) is 36.2 Å². The number of rotatable bonds is 6. The first-order chi connectivity index (χ1) is 17.4. The summed E-state index contributed by atoms with van der Waals surface area (Å²) < 4.78 is 15.6. The van der Waals surface area contributed by atoms with Crippen molar-refractivity contribution < 1.29 is 9.18 Å². The normalized spacial score (nSPS) is 11.9. The Kier molecular flexibility index (Phi) is 5.88. The zero-order valence-electron chi connectivity index (χ0n) is 18.7. The molecule has 8 nitrogen and oxygen atoms in total. The quantitative estimate of drug-likeness (QED) is 0.267. The van der Waals surface area contributed by atoms with Crippen molar-refractivity contribution in [2.24, 2.45) is 5.73 Å². The minimum atomic E-state index is -0.821. The molecule has 2 heterocycles. The summed E-state index contributed by atoms with van der Waals surface area (Å²) in [5, 5.41) is 17.3. The van der Waals surface area contributed by atoms with Gasteiger partial charge >= 0.3 is 0 Å². The number of nitrogens with zero attached hydrogens (tertiary/aromatic N) is 3. The Bertz CT molecular complexity index is 1650. The molecule has 1 atom stereocenters. The molecule has 2 aromatic heterocycles. The zero-order valence-corrected chi connectivity index (χ0v) is 19.5. The highest BCUT2D eigenvalue weighted by atomic mass is 35.5. The molecular formula is C26H19ClFN7O. The van der Waals surface area contributed by atoms with E-state index in [2.05, 4.69) is 15.2 Å². The number of imidazole rings is 1. The van der Waals surface area contributed by atoms with Crippen molar-refractivity contribution in [3.63, 3.8) is 0 Å². The van der Waals surface area contributed by atoms with Crippen LogP contribution in [0.25, 0.3) is 22.2 Å². The molecule has 0 radical (unpaired) electrons. The number of benzene rings is 3. The molecule has 178 valence electrons. The van der Waals surface area contributed by atoms with Gasteiger partial charge < -0.3 is 16.5 Å². The molecule has 0 saturated heterocycles. The lowest BCUT2D eigenvalue weighted by atomic mass is 9.86. The number of hydrogen-bond acceptors (Lipinski definition) is 5. The summed E-state index contributed by atoms with van der Waals surface area (Å²) in [5.41, 5.74) is 13.9. The highest BCUT2D eigenvalue weighted by molar-refractivity contribution is 6.32. The third kappa shape index (κ3) is 4.04. The minimum absolute atomic E-state index is 0.0147. The first-order valence-electron chi connectivity index (χ1n) is 10.9. The minimum Gasteiger partial charge on any atom is -0.382 e. The van der Waals surface area contributed by atoms with Gasteiger partial charge in [0.25, 0.3) is 0 Å². The average molecular weight is 500 g/mol. The predicted molar refractivity (Wildman–Crippen MR) is 135 cm³/mol. The maximum atomic E-state index is 15.6. The SMILES string of the molecule is N#Cc1ccc(C(N)=O)c([C@H](Cc2ccccc2)c2nc(-c3ccc4c(N)n[nH]c4c3)c(Cl)[nH]2)c1F. The fourth-order valence-electron chi connectivity index (χ4n) is 4.33. The number of carbonyl (C=O) groups excluding carboxylic acids is 1. The second-order valence-corrected chi connectivity index (χ2v) is 8.64. The van der Waals surface area contributed by atoms with Gasteiger partial charge in [-0.25, -0.2) is 9.37 Å². The van der Waals surface area contributed by atoms with Crippen LogP contribution in [0.2, 0.25) is 5.15 Å². The van der Waals surface area contributed by atoms with Crippen molar-refractivity contribution in [2.45, 2.75) is 12.3 Å². The number of aromatic amines is 2. The van der Waals surface area contributed by atoms with E-state index in [1.165, 1.54) is 12.1 Å². The van der Waals surface area contributed by atoms with Crippen molar-refractivity contribution >= 4 is 34.2 Å². The average Bonchev–Trinajstić information content (AvgIpc) is 3.45. The molecule has 1 amide bonds. The Morgan fingerprint density at radius 2 is 1.94 bits per heavy atom. The van der Waals surface area contributed by atoms with E-state index < -0.39 is 17.6 Å². The molecule has 0 unspecified atom stereocenters. The first-order valence-corrected chi connectivity index (χ1v) is 11.3. The van der Waals surface area contributed by atoms with E-state index in [9.17, 15) is 10.1 Å². The van der Waals surface area contributed by atoms with Crippen LogP contribution in [0.3, 0.4) is 0 Å². The fourth-order valence-corrected chi connectivity index (χ4v) is 4.58. The number of carbonyl (C=O) groups is 1. The molecule has 36 heavy (non-hydrogen) atoms. The zero-order chi connectivity index (χ0) is 25.4. The summed E-state index contributed by atoms with van der Waals surface area (Å²) in [7, 11) is 0. The van der Waals surface area contributed by atoms with Gasteiger partial charge in [0.2, 0.25) is 5.91 Å². The van der Waals surface area contributed by atoms with E-state index >= 15 is 4.39 Å². The summed E-state index contributed by atoms with van der Waals surface area (Å²) in [6.07, 6.45) is 0.270. The van der Waals surface area contributed by atoms with Crippen LogP contribution in [0, 0.1) is 17.1 Å². The van der Waals surface area contributed by atoms with E-state index in [1.807, 2.05) is 42.5 Å². The number of halogens is 2. The Balaban J connectivity index is 1.69. The third-order valence-corrected chi connectivity index (χ3v) is 6.34. The van der Waals surface area contributed by atoms with E-state index in [4.69, 9.17) is 28.1 Å². The van der Waals surface area contributed by atoms with Gasteiger partial charge in [0.1, 0.15) is 28.6 Å². The lowest BCUT2D eigenvalue weighted by Gasteiger charge is -2.19. The standard InChI is InChI=1S/C26H19ClFN7O/c27-23-22(14-6-8-16-19(11-14)34-35-24(16)30)32-26(33-23)18(10-13-4-2-1-3-5-13)20-17(25(31)36)9-7-15(12-29)21(20)28/h1-9,11,18H,10H2,(H2,31,36)(H,32,33)(H3,30,34,35)/t18-/m0/s1. The number of H-pyrrole nitrogens is 2. The van der Waals surface area contributed by atoms with E-state index in [0.717, 1.165) is 10.9 Å². The first kappa shape index (κ1) is 23.1. The maximum Gasteiger partial charge on any atom is 0.249 e. The van der Waals surface area contributed by atoms with Crippen LogP contribution in [-0.2, 0) is 6.42 Å².